The topological polar surface area (TPSA) is 67.2 Å². The van der Waals surface area contributed by atoms with Crippen molar-refractivity contribution in [1.29, 1.82) is 0 Å². The summed E-state index contributed by atoms with van der Waals surface area (Å²) in [5, 5.41) is 2.58. The van der Waals surface area contributed by atoms with Crippen LogP contribution in [-0.2, 0) is 22.7 Å². The average molecular weight is 332 g/mol. The fourth-order valence-electron chi connectivity index (χ4n) is 2.67. The highest BCUT2D eigenvalue weighted by Gasteiger charge is 2.32. The predicted molar refractivity (Wildman–Crippen MR) is 75.2 cm³/mol. The van der Waals surface area contributed by atoms with Crippen LogP contribution in [0.25, 0.3) is 0 Å². The number of likely N-dealkylation sites (tertiary alicyclic amines) is 1. The molecule has 1 aromatic heterocycles. The molecule has 0 bridgehead atoms. The molecule has 0 radical (unpaired) electrons. The van der Waals surface area contributed by atoms with Gasteiger partial charge < -0.3 is 14.8 Å². The van der Waals surface area contributed by atoms with Crippen molar-refractivity contribution in [3.8, 4) is 0 Å². The largest absolute Gasteiger partial charge is 0.406 e. The second-order valence-electron chi connectivity index (χ2n) is 5.42. The summed E-state index contributed by atoms with van der Waals surface area (Å²) in [7, 11) is 0. The molecule has 2 amide bonds. The first-order valence-corrected chi connectivity index (χ1v) is 7.45. The molecule has 128 valence electrons. The van der Waals surface area contributed by atoms with Gasteiger partial charge in [0.25, 0.3) is 0 Å². The molecule has 0 spiro atoms. The summed E-state index contributed by atoms with van der Waals surface area (Å²) in [5.41, 5.74) is 0. The van der Waals surface area contributed by atoms with E-state index in [-0.39, 0.29) is 24.2 Å². The van der Waals surface area contributed by atoms with Gasteiger partial charge in [-0.05, 0) is 12.8 Å². The lowest BCUT2D eigenvalue weighted by Crippen LogP contribution is -2.47. The van der Waals surface area contributed by atoms with Gasteiger partial charge in [0.15, 0.2) is 0 Å². The summed E-state index contributed by atoms with van der Waals surface area (Å²) >= 11 is 0. The van der Waals surface area contributed by atoms with Crippen LogP contribution in [0, 0.1) is 0 Å². The molecule has 0 saturated carbocycles. The molecule has 2 heterocycles. The molecule has 1 unspecified atom stereocenters. The van der Waals surface area contributed by atoms with Crippen LogP contribution in [0.2, 0.25) is 0 Å². The van der Waals surface area contributed by atoms with Gasteiger partial charge >= 0.3 is 6.18 Å². The fraction of sp³-hybridized carbons (Fsp3) is 0.643. The summed E-state index contributed by atoms with van der Waals surface area (Å²) in [5.74, 6) is -0.312. The van der Waals surface area contributed by atoms with Gasteiger partial charge in [0.1, 0.15) is 18.4 Å². The minimum atomic E-state index is -4.35. The number of imidazole rings is 1. The molecular weight excluding hydrogens is 313 g/mol. The molecule has 1 aromatic rings. The third-order valence-corrected chi connectivity index (χ3v) is 3.75. The molecule has 1 saturated heterocycles. The highest BCUT2D eigenvalue weighted by Crippen LogP contribution is 2.19. The van der Waals surface area contributed by atoms with Gasteiger partial charge in [0.05, 0.1) is 6.54 Å². The molecule has 2 rings (SSSR count). The number of alkyl halides is 3. The summed E-state index contributed by atoms with van der Waals surface area (Å²) in [6, 6.07) is -0.587. The Bertz CT molecular complexity index is 571. The Hall–Kier alpha value is -2.06. The van der Waals surface area contributed by atoms with Crippen molar-refractivity contribution in [2.24, 2.45) is 0 Å². The summed E-state index contributed by atoms with van der Waals surface area (Å²) in [6.07, 6.45) is -0.273. The van der Waals surface area contributed by atoms with Crippen molar-refractivity contribution in [3.05, 3.63) is 18.2 Å². The number of amides is 2. The zero-order chi connectivity index (χ0) is 17.0. The predicted octanol–water partition coefficient (Wildman–Crippen LogP) is 1.46. The lowest BCUT2D eigenvalue weighted by Gasteiger charge is -2.25. The summed E-state index contributed by atoms with van der Waals surface area (Å²) in [6.45, 7) is 1.06. The normalized spacial score (nSPS) is 16.7. The van der Waals surface area contributed by atoms with E-state index in [9.17, 15) is 22.8 Å². The van der Waals surface area contributed by atoms with Crippen LogP contribution in [0.4, 0.5) is 13.2 Å². The molecule has 1 aliphatic heterocycles. The van der Waals surface area contributed by atoms with Gasteiger partial charge in [0, 0.05) is 25.4 Å². The van der Waals surface area contributed by atoms with E-state index in [0.717, 1.165) is 11.0 Å². The number of aromatic nitrogens is 2. The number of hydrogen-bond donors (Lipinski definition) is 1. The van der Waals surface area contributed by atoms with Gasteiger partial charge in [0.2, 0.25) is 11.8 Å². The lowest BCUT2D eigenvalue weighted by atomic mass is 10.2. The van der Waals surface area contributed by atoms with Crippen LogP contribution in [0.5, 0.6) is 0 Å². The van der Waals surface area contributed by atoms with E-state index in [1.807, 2.05) is 0 Å². The Kier molecular flexibility index (Phi) is 5.27. The maximum atomic E-state index is 12.4. The zero-order valence-corrected chi connectivity index (χ0v) is 12.8. The number of carbonyl (C=O) groups is 2. The van der Waals surface area contributed by atoms with Crippen LogP contribution >= 0.6 is 0 Å². The first-order chi connectivity index (χ1) is 10.8. The molecule has 0 aromatic carbocycles. The molecule has 1 atom stereocenters. The van der Waals surface area contributed by atoms with E-state index in [0.29, 0.717) is 19.4 Å². The first-order valence-electron chi connectivity index (χ1n) is 7.45. The molecule has 23 heavy (non-hydrogen) atoms. The summed E-state index contributed by atoms with van der Waals surface area (Å²) < 4.78 is 38.3. The number of carbonyl (C=O) groups excluding carboxylic acids is 2. The maximum Gasteiger partial charge on any atom is 0.406 e. The van der Waals surface area contributed by atoms with Gasteiger partial charge in [-0.2, -0.15) is 13.2 Å². The van der Waals surface area contributed by atoms with Crippen molar-refractivity contribution in [3.63, 3.8) is 0 Å². The lowest BCUT2D eigenvalue weighted by molar-refractivity contribution is -0.141. The van der Waals surface area contributed by atoms with E-state index < -0.39 is 18.8 Å². The number of halogens is 3. The number of hydrogen-bond acceptors (Lipinski definition) is 3. The highest BCUT2D eigenvalue weighted by molar-refractivity contribution is 5.88. The van der Waals surface area contributed by atoms with Crippen molar-refractivity contribution in [1.82, 2.24) is 19.8 Å². The Balaban J connectivity index is 1.96. The van der Waals surface area contributed by atoms with E-state index in [1.54, 1.807) is 6.92 Å². The van der Waals surface area contributed by atoms with Gasteiger partial charge in [-0.15, -0.1) is 0 Å². The van der Waals surface area contributed by atoms with Crippen LogP contribution < -0.4 is 5.32 Å². The maximum absolute atomic E-state index is 12.4. The Morgan fingerprint density at radius 1 is 1.48 bits per heavy atom. The quantitative estimate of drug-likeness (QED) is 0.858. The van der Waals surface area contributed by atoms with E-state index in [2.05, 4.69) is 10.3 Å². The Labute approximate surface area is 131 Å². The standard InChI is InChI=1S/C14H19F3N4O2/c1-2-10(21-6-3-4-12(21)22)13(23)19-8-11-18-5-7-20(11)9-14(15,16)17/h5,7,10H,2-4,6,8-9H2,1H3,(H,19,23). The van der Waals surface area contributed by atoms with Crippen molar-refractivity contribution in [2.45, 2.75) is 51.5 Å². The molecule has 1 fully saturated rings. The van der Waals surface area contributed by atoms with E-state index >= 15 is 0 Å². The third-order valence-electron chi connectivity index (χ3n) is 3.75. The molecule has 0 aliphatic carbocycles. The second kappa shape index (κ2) is 7.01. The minimum absolute atomic E-state index is 0.0643. The van der Waals surface area contributed by atoms with Crippen molar-refractivity contribution < 1.29 is 22.8 Å². The summed E-state index contributed by atoms with van der Waals surface area (Å²) in [4.78, 5) is 29.3. The SMILES string of the molecule is CCC(C(=O)NCc1nccn1CC(F)(F)F)N1CCCC1=O. The monoisotopic (exact) mass is 332 g/mol. The average Bonchev–Trinajstić information content (AvgIpc) is 3.06. The van der Waals surface area contributed by atoms with E-state index in [4.69, 9.17) is 0 Å². The Morgan fingerprint density at radius 3 is 2.78 bits per heavy atom. The molecule has 9 heteroatoms. The van der Waals surface area contributed by atoms with E-state index in [1.165, 1.54) is 17.3 Å². The second-order valence-corrected chi connectivity index (χ2v) is 5.42. The van der Waals surface area contributed by atoms with Crippen LogP contribution in [0.1, 0.15) is 32.0 Å². The van der Waals surface area contributed by atoms with Crippen molar-refractivity contribution in [2.75, 3.05) is 6.54 Å². The smallest absolute Gasteiger partial charge is 0.347 e. The van der Waals surface area contributed by atoms with Crippen LogP contribution in [-0.4, -0.2) is 45.0 Å². The van der Waals surface area contributed by atoms with Crippen LogP contribution in [0.15, 0.2) is 12.4 Å². The number of rotatable bonds is 6. The molecular formula is C14H19F3N4O2. The minimum Gasteiger partial charge on any atom is -0.347 e. The fourth-order valence-corrected chi connectivity index (χ4v) is 2.67. The molecule has 1 N–H and O–H groups in total. The van der Waals surface area contributed by atoms with Gasteiger partial charge in [-0.1, -0.05) is 6.92 Å². The van der Waals surface area contributed by atoms with Gasteiger partial charge in [-0.3, -0.25) is 9.59 Å². The molecule has 6 nitrogen and oxygen atoms in total. The zero-order valence-electron chi connectivity index (χ0n) is 12.8. The van der Waals surface area contributed by atoms with Crippen molar-refractivity contribution >= 4 is 11.8 Å². The first kappa shape index (κ1) is 17.3. The number of nitrogens with one attached hydrogen (secondary N) is 1. The molecule has 1 aliphatic rings. The van der Waals surface area contributed by atoms with Crippen LogP contribution in [0.3, 0.4) is 0 Å². The highest BCUT2D eigenvalue weighted by atomic mass is 19.4. The third kappa shape index (κ3) is 4.46. The number of nitrogens with zero attached hydrogens (tertiary/aromatic N) is 3. The van der Waals surface area contributed by atoms with Gasteiger partial charge in [-0.25, -0.2) is 4.98 Å². The Morgan fingerprint density at radius 2 is 2.22 bits per heavy atom.